The molecule has 104 valence electrons. The van der Waals surface area contributed by atoms with Gasteiger partial charge in [-0.05, 0) is 43.0 Å². The van der Waals surface area contributed by atoms with E-state index in [9.17, 15) is 4.79 Å². The summed E-state index contributed by atoms with van der Waals surface area (Å²) in [7, 11) is 0. The van der Waals surface area contributed by atoms with Crippen LogP contribution in [-0.2, 0) is 13.0 Å². The van der Waals surface area contributed by atoms with Gasteiger partial charge in [0.2, 0.25) is 0 Å². The molecule has 0 radical (unpaired) electrons. The number of carbonyl (C=O) groups excluding carboxylic acids is 1. The molecule has 1 aromatic carbocycles. The molecule has 5 heteroatoms. The van der Waals surface area contributed by atoms with Gasteiger partial charge in [-0.2, -0.15) is 0 Å². The second kappa shape index (κ2) is 4.33. The first-order chi connectivity index (χ1) is 9.79. The maximum absolute atomic E-state index is 11.7. The lowest BCUT2D eigenvalue weighted by molar-refractivity contribution is 0.0954. The normalized spacial score (nSPS) is 20.8. The molecule has 2 aromatic rings. The molecular formula is C15H18N4O. The molecule has 0 bridgehead atoms. The molecule has 1 unspecified atom stereocenters. The molecule has 4 N–H and O–H groups in total. The number of carbonyl (C=O) groups is 1. The number of hydrazine groups is 1. The quantitative estimate of drug-likeness (QED) is 0.414. The molecular weight excluding hydrogens is 252 g/mol. The summed E-state index contributed by atoms with van der Waals surface area (Å²) in [5.74, 6) is 5.01. The first kappa shape index (κ1) is 11.9. The number of nitrogen functional groups attached to an aromatic ring is 1. The van der Waals surface area contributed by atoms with Gasteiger partial charge in [-0.15, -0.1) is 0 Å². The maximum Gasteiger partial charge on any atom is 0.265 e. The number of benzene rings is 1. The van der Waals surface area contributed by atoms with Gasteiger partial charge >= 0.3 is 0 Å². The Morgan fingerprint density at radius 1 is 1.45 bits per heavy atom. The first-order valence-electron chi connectivity index (χ1n) is 7.19. The van der Waals surface area contributed by atoms with Gasteiger partial charge in [-0.25, -0.2) is 5.84 Å². The van der Waals surface area contributed by atoms with E-state index in [-0.39, 0.29) is 5.91 Å². The minimum atomic E-state index is -0.228. The van der Waals surface area contributed by atoms with Gasteiger partial charge in [0.1, 0.15) is 0 Å². The highest BCUT2D eigenvalue weighted by molar-refractivity contribution is 5.99. The molecule has 1 aliphatic carbocycles. The van der Waals surface area contributed by atoms with E-state index < -0.39 is 0 Å². The fourth-order valence-electron chi connectivity index (χ4n) is 3.74. The highest BCUT2D eigenvalue weighted by Crippen LogP contribution is 2.39. The largest absolute Gasteiger partial charge is 0.342 e. The van der Waals surface area contributed by atoms with Crippen molar-refractivity contribution in [1.29, 1.82) is 0 Å². The van der Waals surface area contributed by atoms with Gasteiger partial charge in [-0.3, -0.25) is 10.2 Å². The summed E-state index contributed by atoms with van der Waals surface area (Å²) in [6, 6.07) is 6.38. The lowest BCUT2D eigenvalue weighted by atomic mass is 9.90. The van der Waals surface area contributed by atoms with Crippen molar-refractivity contribution >= 4 is 16.8 Å². The molecule has 0 saturated carbocycles. The summed E-state index contributed by atoms with van der Waals surface area (Å²) in [6.45, 7) is 2.02. The lowest BCUT2D eigenvalue weighted by Crippen LogP contribution is -2.35. The number of aryl methyl sites for hydroxylation is 1. The van der Waals surface area contributed by atoms with Crippen molar-refractivity contribution in [2.75, 3.05) is 6.54 Å². The summed E-state index contributed by atoms with van der Waals surface area (Å²) < 4.78 is 2.43. The second-order valence-corrected chi connectivity index (χ2v) is 5.62. The third kappa shape index (κ3) is 1.53. The molecule has 0 saturated heterocycles. The summed E-state index contributed by atoms with van der Waals surface area (Å²) in [4.78, 5) is 11.7. The van der Waals surface area contributed by atoms with Gasteiger partial charge in [0.15, 0.2) is 0 Å². The number of hydrogen-bond acceptors (Lipinski definition) is 3. The molecule has 1 aliphatic heterocycles. The Bertz CT molecular complexity index is 701. The zero-order valence-corrected chi connectivity index (χ0v) is 11.3. The average Bonchev–Trinajstić information content (AvgIpc) is 2.83. The molecule has 0 spiro atoms. The molecule has 1 amide bonds. The molecule has 1 atom stereocenters. The number of aromatic nitrogens is 1. The Morgan fingerprint density at radius 2 is 2.35 bits per heavy atom. The number of fused-ring (bicyclic) bond motifs is 3. The van der Waals surface area contributed by atoms with E-state index in [1.807, 2.05) is 12.1 Å². The Kier molecular flexibility index (Phi) is 2.58. The highest BCUT2D eigenvalue weighted by Gasteiger charge is 2.29. The number of nitrogens with zero attached hydrogens (tertiary/aromatic N) is 1. The zero-order chi connectivity index (χ0) is 13.7. The number of rotatable bonds is 1. The predicted octanol–water partition coefficient (Wildman–Crippen LogP) is 1.23. The van der Waals surface area contributed by atoms with E-state index >= 15 is 0 Å². The molecule has 2 aliphatic rings. The van der Waals surface area contributed by atoms with Crippen LogP contribution in [0.15, 0.2) is 18.2 Å². The van der Waals surface area contributed by atoms with Crippen LogP contribution in [0.1, 0.15) is 40.5 Å². The Morgan fingerprint density at radius 3 is 3.20 bits per heavy atom. The van der Waals surface area contributed by atoms with Gasteiger partial charge in [-0.1, -0.05) is 0 Å². The van der Waals surface area contributed by atoms with Gasteiger partial charge in [0, 0.05) is 41.3 Å². The fourth-order valence-corrected chi connectivity index (χ4v) is 3.74. The van der Waals surface area contributed by atoms with Crippen LogP contribution in [-0.4, -0.2) is 17.0 Å². The molecule has 20 heavy (non-hydrogen) atoms. The van der Waals surface area contributed by atoms with Crippen LogP contribution < -0.4 is 16.6 Å². The van der Waals surface area contributed by atoms with Crippen molar-refractivity contribution in [3.8, 4) is 0 Å². The minimum Gasteiger partial charge on any atom is -0.342 e. The first-order valence-corrected chi connectivity index (χ1v) is 7.19. The van der Waals surface area contributed by atoms with E-state index in [1.165, 1.54) is 35.0 Å². The summed E-state index contributed by atoms with van der Waals surface area (Å²) in [6.07, 6.45) is 3.52. The van der Waals surface area contributed by atoms with Gasteiger partial charge < -0.3 is 9.88 Å². The van der Waals surface area contributed by atoms with Crippen molar-refractivity contribution in [3.05, 3.63) is 35.0 Å². The molecule has 4 rings (SSSR count). The summed E-state index contributed by atoms with van der Waals surface area (Å²) in [5, 5.41) is 4.82. The van der Waals surface area contributed by atoms with Crippen LogP contribution >= 0.6 is 0 Å². The van der Waals surface area contributed by atoms with Crippen LogP contribution in [0, 0.1) is 0 Å². The average molecular weight is 270 g/mol. The molecule has 0 fully saturated rings. The summed E-state index contributed by atoms with van der Waals surface area (Å²) in [5.41, 5.74) is 6.94. The number of nitrogens with two attached hydrogens (primary N) is 1. The van der Waals surface area contributed by atoms with Crippen LogP contribution in [0.4, 0.5) is 0 Å². The SMILES string of the molecule is NNC(=O)c1ccc2c(c1)c1c3n2CCNC3CCC1. The number of amides is 1. The van der Waals surface area contributed by atoms with Gasteiger partial charge in [0.05, 0.1) is 0 Å². The van der Waals surface area contributed by atoms with Crippen LogP contribution in [0.25, 0.3) is 10.9 Å². The van der Waals surface area contributed by atoms with Gasteiger partial charge in [0.25, 0.3) is 5.91 Å². The van der Waals surface area contributed by atoms with Crippen molar-refractivity contribution < 1.29 is 4.79 Å². The fraction of sp³-hybridized carbons (Fsp3) is 0.400. The standard InChI is InChI=1S/C15H18N4O/c16-18-15(20)9-4-5-13-11(8-9)10-2-1-3-12-14(10)19(13)7-6-17-12/h4-5,8,12,17H,1-3,6-7,16H2,(H,18,20). The summed E-state index contributed by atoms with van der Waals surface area (Å²) >= 11 is 0. The Balaban J connectivity index is 1.98. The minimum absolute atomic E-state index is 0.228. The van der Waals surface area contributed by atoms with Crippen molar-refractivity contribution in [2.24, 2.45) is 5.84 Å². The van der Waals surface area contributed by atoms with Crippen molar-refractivity contribution in [2.45, 2.75) is 31.8 Å². The van der Waals surface area contributed by atoms with Crippen molar-refractivity contribution in [1.82, 2.24) is 15.3 Å². The van der Waals surface area contributed by atoms with E-state index in [0.29, 0.717) is 11.6 Å². The highest BCUT2D eigenvalue weighted by atomic mass is 16.2. The maximum atomic E-state index is 11.7. The smallest absolute Gasteiger partial charge is 0.265 e. The van der Waals surface area contributed by atoms with Crippen LogP contribution in [0.3, 0.4) is 0 Å². The van der Waals surface area contributed by atoms with Crippen LogP contribution in [0.2, 0.25) is 0 Å². The Hall–Kier alpha value is -1.85. The topological polar surface area (TPSA) is 72.1 Å². The van der Waals surface area contributed by atoms with Crippen LogP contribution in [0.5, 0.6) is 0 Å². The third-order valence-electron chi connectivity index (χ3n) is 4.58. The zero-order valence-electron chi connectivity index (χ0n) is 11.3. The number of hydrogen-bond donors (Lipinski definition) is 3. The lowest BCUT2D eigenvalue weighted by Gasteiger charge is -2.31. The number of nitrogens with one attached hydrogen (secondary N) is 2. The molecule has 2 heterocycles. The van der Waals surface area contributed by atoms with E-state index in [0.717, 1.165) is 19.5 Å². The van der Waals surface area contributed by atoms with E-state index in [4.69, 9.17) is 5.84 Å². The molecule has 1 aromatic heterocycles. The monoisotopic (exact) mass is 270 g/mol. The Labute approximate surface area is 117 Å². The van der Waals surface area contributed by atoms with E-state index in [1.54, 1.807) is 0 Å². The molecule has 5 nitrogen and oxygen atoms in total. The third-order valence-corrected chi connectivity index (χ3v) is 4.58. The predicted molar refractivity (Wildman–Crippen MR) is 77.3 cm³/mol. The van der Waals surface area contributed by atoms with E-state index in [2.05, 4.69) is 21.4 Å². The van der Waals surface area contributed by atoms with Crippen molar-refractivity contribution in [3.63, 3.8) is 0 Å². The second-order valence-electron chi connectivity index (χ2n) is 5.62.